The molecule has 2 nitrogen and oxygen atoms in total. The molecule has 0 bridgehead atoms. The quantitative estimate of drug-likeness (QED) is 0.662. The van der Waals surface area contributed by atoms with Crippen molar-refractivity contribution in [2.75, 3.05) is 13.7 Å². The number of halogens is 1. The molecule has 2 atom stereocenters. The number of hydrogen-bond acceptors (Lipinski definition) is 2. The van der Waals surface area contributed by atoms with Gasteiger partial charge >= 0.3 is 0 Å². The zero-order valence-electron chi connectivity index (χ0n) is 13.0. The second-order valence-electron chi connectivity index (χ2n) is 5.40. The maximum atomic E-state index is 5.87. The Balaban J connectivity index is 2.39. The van der Waals surface area contributed by atoms with Crippen LogP contribution in [0.25, 0.3) is 0 Å². The minimum absolute atomic E-state index is 0.410. The van der Waals surface area contributed by atoms with E-state index in [0.717, 1.165) is 16.7 Å². The van der Waals surface area contributed by atoms with Gasteiger partial charge in [0.05, 0.1) is 0 Å². The molecular weight excluding hydrogens is 270 g/mol. The van der Waals surface area contributed by atoms with Crippen molar-refractivity contribution in [1.82, 2.24) is 5.32 Å². The van der Waals surface area contributed by atoms with Crippen LogP contribution in [0.3, 0.4) is 0 Å². The molecule has 0 fully saturated rings. The minimum atomic E-state index is 0.410. The molecule has 1 rings (SSSR count). The van der Waals surface area contributed by atoms with Crippen molar-refractivity contribution < 1.29 is 4.74 Å². The summed E-state index contributed by atoms with van der Waals surface area (Å²) >= 11 is 5.87. The molecular formula is C17H28ClNO. The first-order valence-corrected chi connectivity index (χ1v) is 8.13. The lowest BCUT2D eigenvalue weighted by molar-refractivity contribution is 0.238. The number of benzene rings is 1. The lowest BCUT2D eigenvalue weighted by atomic mass is 9.92. The monoisotopic (exact) mass is 297 g/mol. The Morgan fingerprint density at radius 1 is 1.20 bits per heavy atom. The van der Waals surface area contributed by atoms with Crippen LogP contribution < -0.4 is 10.1 Å². The first kappa shape index (κ1) is 17.3. The van der Waals surface area contributed by atoms with Crippen LogP contribution in [0.5, 0.6) is 5.75 Å². The van der Waals surface area contributed by atoms with Gasteiger partial charge < -0.3 is 10.1 Å². The van der Waals surface area contributed by atoms with Crippen LogP contribution in [0.15, 0.2) is 24.3 Å². The number of ether oxygens (including phenoxy) is 1. The molecule has 3 heteroatoms. The number of unbranched alkanes of at least 4 members (excludes halogenated alkanes) is 1. The van der Waals surface area contributed by atoms with E-state index < -0.39 is 0 Å². The first-order chi connectivity index (χ1) is 9.69. The molecule has 0 aromatic heterocycles. The van der Waals surface area contributed by atoms with E-state index in [1.54, 1.807) is 0 Å². The van der Waals surface area contributed by atoms with Crippen molar-refractivity contribution in [3.63, 3.8) is 0 Å². The Morgan fingerprint density at radius 3 is 2.45 bits per heavy atom. The second-order valence-corrected chi connectivity index (χ2v) is 5.84. The molecule has 0 aliphatic heterocycles. The minimum Gasteiger partial charge on any atom is -0.492 e. The fourth-order valence-electron chi connectivity index (χ4n) is 2.38. The van der Waals surface area contributed by atoms with E-state index in [0.29, 0.717) is 12.6 Å². The Morgan fingerprint density at radius 2 is 1.90 bits per heavy atom. The third-order valence-electron chi connectivity index (χ3n) is 3.83. The van der Waals surface area contributed by atoms with Crippen molar-refractivity contribution in [2.24, 2.45) is 5.92 Å². The zero-order valence-corrected chi connectivity index (χ0v) is 13.7. The standard InChI is InChI=1S/C17H28ClNO/c1-4-6-7-14(5-2)12-16(19-3)13-20-17-10-8-15(18)9-11-17/h8-11,14,16,19H,4-7,12-13H2,1-3H3. The molecule has 20 heavy (non-hydrogen) atoms. The van der Waals surface area contributed by atoms with Gasteiger partial charge in [0.15, 0.2) is 0 Å². The van der Waals surface area contributed by atoms with Gasteiger partial charge in [0.25, 0.3) is 0 Å². The number of nitrogens with one attached hydrogen (secondary N) is 1. The molecule has 0 saturated heterocycles. The predicted octanol–water partition coefficient (Wildman–Crippen LogP) is 4.91. The molecule has 0 radical (unpaired) electrons. The molecule has 0 saturated carbocycles. The Hall–Kier alpha value is -0.730. The summed E-state index contributed by atoms with van der Waals surface area (Å²) in [5, 5.41) is 4.12. The van der Waals surface area contributed by atoms with Gasteiger partial charge in [-0.25, -0.2) is 0 Å². The number of rotatable bonds is 10. The summed E-state index contributed by atoms with van der Waals surface area (Å²) in [6, 6.07) is 7.97. The first-order valence-electron chi connectivity index (χ1n) is 7.75. The van der Waals surface area contributed by atoms with E-state index in [2.05, 4.69) is 19.2 Å². The van der Waals surface area contributed by atoms with Crippen LogP contribution in [0.1, 0.15) is 46.0 Å². The Labute approximate surface area is 128 Å². The number of likely N-dealkylation sites (N-methyl/N-ethyl adjacent to an activating group) is 1. The molecule has 1 aromatic carbocycles. The van der Waals surface area contributed by atoms with Crippen LogP contribution >= 0.6 is 11.6 Å². The molecule has 0 spiro atoms. The predicted molar refractivity (Wildman–Crippen MR) is 87.7 cm³/mol. The summed E-state index contributed by atoms with van der Waals surface area (Å²) < 4.78 is 5.84. The topological polar surface area (TPSA) is 21.3 Å². The molecule has 2 unspecified atom stereocenters. The molecule has 0 aliphatic carbocycles. The fourth-order valence-corrected chi connectivity index (χ4v) is 2.51. The fraction of sp³-hybridized carbons (Fsp3) is 0.647. The van der Waals surface area contributed by atoms with Crippen LogP contribution in [0.2, 0.25) is 5.02 Å². The normalized spacial score (nSPS) is 14.0. The zero-order chi connectivity index (χ0) is 14.8. The van der Waals surface area contributed by atoms with Gasteiger partial charge in [-0.15, -0.1) is 0 Å². The van der Waals surface area contributed by atoms with E-state index in [-0.39, 0.29) is 0 Å². The molecule has 0 amide bonds. The van der Waals surface area contributed by atoms with Crippen LogP contribution in [0.4, 0.5) is 0 Å². The van der Waals surface area contributed by atoms with E-state index in [4.69, 9.17) is 16.3 Å². The van der Waals surface area contributed by atoms with Gasteiger partial charge in [0.2, 0.25) is 0 Å². The molecule has 1 aromatic rings. The van der Waals surface area contributed by atoms with Crippen molar-refractivity contribution in [3.8, 4) is 5.75 Å². The molecule has 1 N–H and O–H groups in total. The van der Waals surface area contributed by atoms with Crippen molar-refractivity contribution in [3.05, 3.63) is 29.3 Å². The highest BCUT2D eigenvalue weighted by atomic mass is 35.5. The van der Waals surface area contributed by atoms with Crippen LogP contribution in [0, 0.1) is 5.92 Å². The maximum Gasteiger partial charge on any atom is 0.119 e. The van der Waals surface area contributed by atoms with Gasteiger partial charge in [-0.2, -0.15) is 0 Å². The van der Waals surface area contributed by atoms with E-state index in [1.807, 2.05) is 31.3 Å². The molecule has 114 valence electrons. The molecule has 0 aliphatic rings. The van der Waals surface area contributed by atoms with Gasteiger partial charge in [-0.05, 0) is 43.7 Å². The lowest BCUT2D eigenvalue weighted by Gasteiger charge is -2.22. The van der Waals surface area contributed by atoms with Gasteiger partial charge in [0, 0.05) is 11.1 Å². The Bertz CT molecular complexity index is 353. The van der Waals surface area contributed by atoms with Crippen LogP contribution in [-0.2, 0) is 0 Å². The van der Waals surface area contributed by atoms with Crippen molar-refractivity contribution in [1.29, 1.82) is 0 Å². The summed E-state index contributed by atoms with van der Waals surface area (Å²) in [4.78, 5) is 0. The summed E-state index contributed by atoms with van der Waals surface area (Å²) in [5.74, 6) is 1.68. The second kappa shape index (κ2) is 10.1. The summed E-state index contributed by atoms with van der Waals surface area (Å²) in [6.45, 7) is 5.25. The average molecular weight is 298 g/mol. The van der Waals surface area contributed by atoms with Crippen molar-refractivity contribution in [2.45, 2.75) is 52.0 Å². The summed E-state index contributed by atoms with van der Waals surface area (Å²) in [6.07, 6.45) is 6.36. The summed E-state index contributed by atoms with van der Waals surface area (Å²) in [7, 11) is 2.02. The molecule has 0 heterocycles. The third kappa shape index (κ3) is 6.62. The van der Waals surface area contributed by atoms with Crippen molar-refractivity contribution >= 4 is 11.6 Å². The van der Waals surface area contributed by atoms with Gasteiger partial charge in [-0.3, -0.25) is 0 Å². The Kier molecular flexibility index (Phi) is 8.72. The lowest BCUT2D eigenvalue weighted by Crippen LogP contribution is -2.33. The third-order valence-corrected chi connectivity index (χ3v) is 4.09. The average Bonchev–Trinajstić information content (AvgIpc) is 2.48. The van der Waals surface area contributed by atoms with E-state index in [1.165, 1.54) is 32.1 Å². The highest BCUT2D eigenvalue weighted by molar-refractivity contribution is 6.30. The van der Waals surface area contributed by atoms with Crippen LogP contribution in [-0.4, -0.2) is 19.7 Å². The largest absolute Gasteiger partial charge is 0.492 e. The highest BCUT2D eigenvalue weighted by Gasteiger charge is 2.14. The van der Waals surface area contributed by atoms with Gasteiger partial charge in [0.1, 0.15) is 12.4 Å². The number of hydrogen-bond donors (Lipinski definition) is 1. The van der Waals surface area contributed by atoms with Gasteiger partial charge in [-0.1, -0.05) is 51.1 Å². The smallest absolute Gasteiger partial charge is 0.119 e. The summed E-state index contributed by atoms with van der Waals surface area (Å²) in [5.41, 5.74) is 0. The maximum absolute atomic E-state index is 5.87. The highest BCUT2D eigenvalue weighted by Crippen LogP contribution is 2.20. The SMILES string of the molecule is CCCCC(CC)CC(COc1ccc(Cl)cc1)NC. The van der Waals surface area contributed by atoms with E-state index >= 15 is 0 Å². The van der Waals surface area contributed by atoms with E-state index in [9.17, 15) is 0 Å².